The summed E-state index contributed by atoms with van der Waals surface area (Å²) in [4.78, 5) is 16.5. The first-order valence-electron chi connectivity index (χ1n) is 6.35. The van der Waals surface area contributed by atoms with Crippen molar-refractivity contribution in [3.05, 3.63) is 24.0 Å². The third-order valence-corrected chi connectivity index (χ3v) is 3.99. The molecule has 0 saturated carbocycles. The number of rotatable bonds is 4. The van der Waals surface area contributed by atoms with E-state index >= 15 is 0 Å². The molecule has 0 amide bonds. The monoisotopic (exact) mass is 251 g/mol. The number of H-pyrrole nitrogens is 1. The Morgan fingerprint density at radius 1 is 1.61 bits per heavy atom. The summed E-state index contributed by atoms with van der Waals surface area (Å²) in [5.41, 5.74) is 6.51. The summed E-state index contributed by atoms with van der Waals surface area (Å²) < 4.78 is 0. The van der Waals surface area contributed by atoms with Crippen molar-refractivity contribution in [2.45, 2.75) is 24.8 Å². The van der Waals surface area contributed by atoms with E-state index in [2.05, 4.69) is 16.9 Å². The summed E-state index contributed by atoms with van der Waals surface area (Å²) >= 11 is 0. The zero-order valence-corrected chi connectivity index (χ0v) is 10.7. The van der Waals surface area contributed by atoms with Crippen LogP contribution in [-0.4, -0.2) is 41.1 Å². The van der Waals surface area contributed by atoms with E-state index in [0.717, 1.165) is 31.6 Å². The van der Waals surface area contributed by atoms with Gasteiger partial charge in [0.2, 0.25) is 0 Å². The minimum atomic E-state index is -0.842. The molecule has 18 heavy (non-hydrogen) atoms. The molecule has 1 saturated heterocycles. The molecule has 1 aliphatic rings. The van der Waals surface area contributed by atoms with Crippen LogP contribution in [0.25, 0.3) is 0 Å². The van der Waals surface area contributed by atoms with Gasteiger partial charge in [0.25, 0.3) is 0 Å². The van der Waals surface area contributed by atoms with Gasteiger partial charge < -0.3 is 20.7 Å². The molecule has 100 valence electrons. The Balaban J connectivity index is 2.22. The second-order valence-electron chi connectivity index (χ2n) is 5.27. The number of likely N-dealkylation sites (tertiary alicyclic amines) is 1. The zero-order chi connectivity index (χ0) is 13.2. The molecule has 0 bridgehead atoms. The molecule has 0 aromatic carbocycles. The molecule has 5 heteroatoms. The Morgan fingerprint density at radius 2 is 2.28 bits per heavy atom. The van der Waals surface area contributed by atoms with Crippen LogP contribution in [0.2, 0.25) is 0 Å². The first-order valence-corrected chi connectivity index (χ1v) is 6.35. The third-order valence-electron chi connectivity index (χ3n) is 3.99. The number of aliphatic carboxylic acids is 1. The molecule has 1 aromatic heterocycles. The van der Waals surface area contributed by atoms with Crippen molar-refractivity contribution in [1.82, 2.24) is 9.88 Å². The van der Waals surface area contributed by atoms with Crippen LogP contribution in [0.1, 0.15) is 25.0 Å². The number of carboxylic acid groups (broad SMARTS) is 1. The van der Waals surface area contributed by atoms with Crippen LogP contribution < -0.4 is 5.73 Å². The van der Waals surface area contributed by atoms with Crippen LogP contribution in [0.5, 0.6) is 0 Å². The third kappa shape index (κ3) is 2.57. The van der Waals surface area contributed by atoms with Gasteiger partial charge in [-0.1, -0.05) is 0 Å². The summed E-state index contributed by atoms with van der Waals surface area (Å²) in [5.74, 6) is -0.630. The van der Waals surface area contributed by atoms with Gasteiger partial charge in [-0.25, -0.2) is 0 Å². The van der Waals surface area contributed by atoms with Crippen LogP contribution >= 0.6 is 0 Å². The molecule has 1 unspecified atom stereocenters. The van der Waals surface area contributed by atoms with E-state index in [-0.39, 0.29) is 12.3 Å². The van der Waals surface area contributed by atoms with Crippen LogP contribution in [-0.2, 0) is 10.3 Å². The van der Waals surface area contributed by atoms with Gasteiger partial charge in [-0.3, -0.25) is 4.79 Å². The molecule has 1 aromatic rings. The first-order chi connectivity index (χ1) is 8.52. The van der Waals surface area contributed by atoms with E-state index in [1.54, 1.807) is 6.20 Å². The number of carboxylic acids is 1. The number of carbonyl (C=O) groups is 1. The second-order valence-corrected chi connectivity index (χ2v) is 5.27. The molecular formula is C13H21N3O2. The molecular weight excluding hydrogens is 230 g/mol. The fraction of sp³-hybridized carbons (Fsp3) is 0.615. The van der Waals surface area contributed by atoms with Gasteiger partial charge in [0.05, 0.1) is 12.0 Å². The van der Waals surface area contributed by atoms with E-state index in [9.17, 15) is 4.79 Å². The molecule has 0 spiro atoms. The predicted molar refractivity (Wildman–Crippen MR) is 69.1 cm³/mol. The van der Waals surface area contributed by atoms with Crippen molar-refractivity contribution in [2.24, 2.45) is 11.7 Å². The number of aromatic nitrogens is 1. The summed E-state index contributed by atoms with van der Waals surface area (Å²) in [7, 11) is 2.08. The van der Waals surface area contributed by atoms with E-state index in [0.29, 0.717) is 0 Å². The van der Waals surface area contributed by atoms with Gasteiger partial charge in [-0.15, -0.1) is 0 Å². The maximum Gasteiger partial charge on any atom is 0.305 e. The van der Waals surface area contributed by atoms with Crippen molar-refractivity contribution in [2.75, 3.05) is 20.1 Å². The lowest BCUT2D eigenvalue weighted by molar-refractivity contribution is -0.139. The van der Waals surface area contributed by atoms with Gasteiger partial charge in [0, 0.05) is 11.9 Å². The number of nitrogens with zero attached hydrogens (tertiary/aromatic N) is 1. The number of hydrogen-bond donors (Lipinski definition) is 3. The highest BCUT2D eigenvalue weighted by molar-refractivity contribution is 5.68. The van der Waals surface area contributed by atoms with E-state index in [1.807, 2.05) is 12.1 Å². The molecule has 1 atom stereocenters. The smallest absolute Gasteiger partial charge is 0.305 e. The van der Waals surface area contributed by atoms with Crippen LogP contribution in [0, 0.1) is 5.92 Å². The van der Waals surface area contributed by atoms with E-state index in [4.69, 9.17) is 10.8 Å². The summed E-state index contributed by atoms with van der Waals surface area (Å²) in [5, 5.41) is 9.13. The average molecular weight is 251 g/mol. The SMILES string of the molecule is CN1CCC(C(N)(CC(=O)O)c2ccc[nH]2)CC1. The van der Waals surface area contributed by atoms with Crippen LogP contribution in [0.4, 0.5) is 0 Å². The Morgan fingerprint density at radius 3 is 2.78 bits per heavy atom. The van der Waals surface area contributed by atoms with Gasteiger partial charge in [0.1, 0.15) is 0 Å². The Labute approximate surface area is 107 Å². The molecule has 5 nitrogen and oxygen atoms in total. The maximum absolute atomic E-state index is 11.1. The summed E-state index contributed by atoms with van der Waals surface area (Å²) in [6.07, 6.45) is 3.66. The quantitative estimate of drug-likeness (QED) is 0.745. The van der Waals surface area contributed by atoms with Gasteiger partial charge in [-0.05, 0) is 51.0 Å². The van der Waals surface area contributed by atoms with Crippen molar-refractivity contribution >= 4 is 5.97 Å². The average Bonchev–Trinajstić information content (AvgIpc) is 2.82. The number of nitrogens with one attached hydrogen (secondary N) is 1. The van der Waals surface area contributed by atoms with Crippen molar-refractivity contribution in [3.8, 4) is 0 Å². The molecule has 0 radical (unpaired) electrons. The van der Waals surface area contributed by atoms with Crippen LogP contribution in [0.15, 0.2) is 18.3 Å². The molecule has 2 rings (SSSR count). The fourth-order valence-corrected chi connectivity index (χ4v) is 2.85. The maximum atomic E-state index is 11.1. The zero-order valence-electron chi connectivity index (χ0n) is 10.7. The molecule has 4 N–H and O–H groups in total. The topological polar surface area (TPSA) is 82.3 Å². The largest absolute Gasteiger partial charge is 0.481 e. The van der Waals surface area contributed by atoms with Crippen molar-refractivity contribution < 1.29 is 9.90 Å². The second kappa shape index (κ2) is 5.12. The van der Waals surface area contributed by atoms with Gasteiger partial charge in [-0.2, -0.15) is 0 Å². The van der Waals surface area contributed by atoms with Crippen LogP contribution in [0.3, 0.4) is 0 Å². The van der Waals surface area contributed by atoms with Crippen molar-refractivity contribution in [3.63, 3.8) is 0 Å². The molecule has 1 fully saturated rings. The Bertz CT molecular complexity index is 396. The number of aromatic amines is 1. The summed E-state index contributed by atoms with van der Waals surface area (Å²) in [6.45, 7) is 1.95. The highest BCUT2D eigenvalue weighted by Crippen LogP contribution is 2.36. The predicted octanol–water partition coefficient (Wildman–Crippen LogP) is 0.985. The summed E-state index contributed by atoms with van der Waals surface area (Å²) in [6, 6.07) is 3.76. The Kier molecular flexibility index (Phi) is 3.73. The highest BCUT2D eigenvalue weighted by atomic mass is 16.4. The number of hydrogen-bond acceptors (Lipinski definition) is 3. The minimum absolute atomic E-state index is 0.0259. The molecule has 0 aliphatic carbocycles. The minimum Gasteiger partial charge on any atom is -0.481 e. The molecule has 2 heterocycles. The van der Waals surface area contributed by atoms with E-state index < -0.39 is 11.5 Å². The van der Waals surface area contributed by atoms with Gasteiger partial charge >= 0.3 is 5.97 Å². The van der Waals surface area contributed by atoms with Gasteiger partial charge in [0.15, 0.2) is 0 Å². The standard InChI is InChI=1S/C13H21N3O2/c1-16-7-4-10(5-8-16)13(14,9-12(17)18)11-3-2-6-15-11/h2-3,6,10,15H,4-5,7-9,14H2,1H3,(H,17,18). The highest BCUT2D eigenvalue weighted by Gasteiger charge is 2.40. The van der Waals surface area contributed by atoms with E-state index in [1.165, 1.54) is 0 Å². The molecule has 1 aliphatic heterocycles. The lowest BCUT2D eigenvalue weighted by Gasteiger charge is -2.40. The van der Waals surface area contributed by atoms with Crippen molar-refractivity contribution in [1.29, 1.82) is 0 Å². The lowest BCUT2D eigenvalue weighted by atomic mass is 9.74. The Hall–Kier alpha value is -1.33. The normalized spacial score (nSPS) is 21.7. The fourth-order valence-electron chi connectivity index (χ4n) is 2.85. The first kappa shape index (κ1) is 13.1. The lowest BCUT2D eigenvalue weighted by Crippen LogP contribution is -2.50. The number of nitrogens with two attached hydrogens (primary N) is 1. The number of piperidine rings is 1.